The second-order valence-electron chi connectivity index (χ2n) is 3.12. The van der Waals surface area contributed by atoms with E-state index in [1.54, 1.807) is 11.6 Å². The average molecular weight is 176 g/mol. The summed E-state index contributed by atoms with van der Waals surface area (Å²) in [4.78, 5) is 10.8. The van der Waals surface area contributed by atoms with E-state index in [1.165, 1.54) is 0 Å². The molecule has 1 heterocycles. The highest BCUT2D eigenvalue weighted by Crippen LogP contribution is 2.24. The molecule has 3 nitrogen and oxygen atoms in total. The summed E-state index contributed by atoms with van der Waals surface area (Å²) >= 11 is 0. The molecule has 1 aliphatic heterocycles. The molecule has 0 aromatic heterocycles. The predicted octanol–water partition coefficient (Wildman–Crippen LogP) is 1.04. The molecule has 0 fully saturated rings. The minimum Gasteiger partial charge on any atom is -0.474 e. The van der Waals surface area contributed by atoms with Crippen LogP contribution in [0.3, 0.4) is 0 Å². The molecule has 0 unspecified atom stereocenters. The van der Waals surface area contributed by atoms with Crippen LogP contribution in [0.2, 0.25) is 0 Å². The van der Waals surface area contributed by atoms with Crippen LogP contribution in [0, 0.1) is 0 Å². The lowest BCUT2D eigenvalue weighted by Crippen LogP contribution is -2.19. The number of hydrogen-bond donors (Lipinski definition) is 1. The average Bonchev–Trinajstić information content (AvgIpc) is 2.45. The summed E-state index contributed by atoms with van der Waals surface area (Å²) in [5.74, 6) is -0.835. The van der Waals surface area contributed by atoms with Crippen LogP contribution in [-0.4, -0.2) is 28.4 Å². The molecule has 1 aromatic rings. The van der Waals surface area contributed by atoms with E-state index in [9.17, 15) is 4.79 Å². The minimum absolute atomic E-state index is 0.446. The van der Waals surface area contributed by atoms with E-state index in [2.05, 4.69) is 0 Å². The van der Waals surface area contributed by atoms with Crippen molar-refractivity contribution >= 4 is 17.4 Å². The highest BCUT2D eigenvalue weighted by atomic mass is 16.4. The Morgan fingerprint density at radius 2 is 2.15 bits per heavy atom. The molecule has 0 bridgehead atoms. The van der Waals surface area contributed by atoms with Crippen molar-refractivity contribution in [2.45, 2.75) is 6.42 Å². The van der Waals surface area contributed by atoms with Crippen LogP contribution in [0.5, 0.6) is 0 Å². The van der Waals surface area contributed by atoms with Crippen molar-refractivity contribution in [1.29, 1.82) is 0 Å². The van der Waals surface area contributed by atoms with Crippen molar-refractivity contribution in [3.05, 3.63) is 29.8 Å². The van der Waals surface area contributed by atoms with Crippen LogP contribution in [0.15, 0.2) is 24.3 Å². The maximum absolute atomic E-state index is 10.8. The molecule has 0 saturated heterocycles. The molecule has 1 aliphatic rings. The van der Waals surface area contributed by atoms with Gasteiger partial charge in [0.25, 0.3) is 5.71 Å². The molecule has 1 N–H and O–H groups in total. The fourth-order valence-corrected chi connectivity index (χ4v) is 1.65. The summed E-state index contributed by atoms with van der Waals surface area (Å²) in [6, 6.07) is 7.74. The predicted molar refractivity (Wildman–Crippen MR) is 48.6 cm³/mol. The molecule has 0 saturated carbocycles. The number of nitrogens with zero attached hydrogens (tertiary/aromatic N) is 1. The van der Waals surface area contributed by atoms with Gasteiger partial charge < -0.3 is 5.11 Å². The van der Waals surface area contributed by atoms with E-state index in [4.69, 9.17) is 5.11 Å². The van der Waals surface area contributed by atoms with Crippen molar-refractivity contribution in [2.24, 2.45) is 0 Å². The summed E-state index contributed by atoms with van der Waals surface area (Å²) in [6.45, 7) is 0. The van der Waals surface area contributed by atoms with Gasteiger partial charge in [-0.3, -0.25) is 0 Å². The second-order valence-corrected chi connectivity index (χ2v) is 3.12. The molecule has 1 aromatic carbocycles. The maximum Gasteiger partial charge on any atom is 0.396 e. The van der Waals surface area contributed by atoms with Gasteiger partial charge in [-0.05, 0) is 0 Å². The first kappa shape index (κ1) is 7.98. The van der Waals surface area contributed by atoms with Crippen molar-refractivity contribution in [3.63, 3.8) is 0 Å². The third-order valence-corrected chi connectivity index (χ3v) is 2.36. The lowest BCUT2D eigenvalue weighted by molar-refractivity contribution is -0.401. The van der Waals surface area contributed by atoms with Gasteiger partial charge in [0.15, 0.2) is 0 Å². The molecule has 66 valence electrons. The van der Waals surface area contributed by atoms with Gasteiger partial charge in [-0.25, -0.2) is 4.79 Å². The van der Waals surface area contributed by atoms with E-state index in [-0.39, 0.29) is 0 Å². The van der Waals surface area contributed by atoms with E-state index in [1.807, 2.05) is 24.3 Å². The number of hydrogen-bond acceptors (Lipinski definition) is 1. The van der Waals surface area contributed by atoms with Crippen LogP contribution in [-0.2, 0) is 11.2 Å². The molecule has 0 amide bonds. The van der Waals surface area contributed by atoms with Crippen molar-refractivity contribution in [2.75, 3.05) is 7.05 Å². The second kappa shape index (κ2) is 2.69. The lowest BCUT2D eigenvalue weighted by atomic mass is 10.1. The summed E-state index contributed by atoms with van der Waals surface area (Å²) in [5.41, 5.74) is 2.53. The zero-order valence-corrected chi connectivity index (χ0v) is 7.32. The molecule has 0 radical (unpaired) electrons. The molecule has 0 atom stereocenters. The van der Waals surface area contributed by atoms with Crippen molar-refractivity contribution < 1.29 is 14.5 Å². The van der Waals surface area contributed by atoms with Crippen LogP contribution in [0.25, 0.3) is 0 Å². The van der Waals surface area contributed by atoms with Crippen molar-refractivity contribution in [1.82, 2.24) is 0 Å². The summed E-state index contributed by atoms with van der Waals surface area (Å²) in [7, 11) is 1.79. The SMILES string of the molecule is C[N+]1=C(C(=O)O)Cc2ccccc21. The Kier molecular flexibility index (Phi) is 1.65. The Labute approximate surface area is 75.9 Å². The van der Waals surface area contributed by atoms with Crippen molar-refractivity contribution in [3.8, 4) is 0 Å². The van der Waals surface area contributed by atoms with Crippen LogP contribution in [0.1, 0.15) is 5.56 Å². The highest BCUT2D eigenvalue weighted by molar-refractivity contribution is 6.34. The van der Waals surface area contributed by atoms with Gasteiger partial charge in [0.2, 0.25) is 5.69 Å². The minimum atomic E-state index is -0.835. The number of carbonyl (C=O) groups is 1. The van der Waals surface area contributed by atoms with Gasteiger partial charge in [-0.2, -0.15) is 4.58 Å². The number of benzene rings is 1. The van der Waals surface area contributed by atoms with E-state index in [0.29, 0.717) is 12.1 Å². The third kappa shape index (κ3) is 1.13. The molecule has 0 aliphatic carbocycles. The van der Waals surface area contributed by atoms with Gasteiger partial charge in [0.1, 0.15) is 7.05 Å². The maximum atomic E-state index is 10.8. The molecule has 3 heteroatoms. The smallest absolute Gasteiger partial charge is 0.396 e. The zero-order valence-electron chi connectivity index (χ0n) is 7.32. The Bertz CT molecular complexity index is 407. The van der Waals surface area contributed by atoms with E-state index >= 15 is 0 Å². The first-order valence-corrected chi connectivity index (χ1v) is 4.11. The summed E-state index contributed by atoms with van der Waals surface area (Å²) in [5, 5.41) is 8.88. The number of para-hydroxylation sites is 1. The number of carboxylic acids is 1. The Morgan fingerprint density at radius 1 is 1.46 bits per heavy atom. The third-order valence-electron chi connectivity index (χ3n) is 2.36. The zero-order chi connectivity index (χ0) is 9.42. The number of aliphatic carboxylic acids is 1. The number of rotatable bonds is 1. The largest absolute Gasteiger partial charge is 0.474 e. The summed E-state index contributed by atoms with van der Waals surface area (Å²) in [6.07, 6.45) is 0.530. The molecule has 0 spiro atoms. The number of fused-ring (bicyclic) bond motifs is 1. The normalized spacial score (nSPS) is 14.5. The van der Waals surface area contributed by atoms with Crippen LogP contribution < -0.4 is 0 Å². The summed E-state index contributed by atoms with van der Waals surface area (Å²) < 4.78 is 1.73. The lowest BCUT2D eigenvalue weighted by Gasteiger charge is -1.91. The van der Waals surface area contributed by atoms with Gasteiger partial charge in [-0.15, -0.1) is 0 Å². The standard InChI is InChI=1S/C10H9NO2/c1-11-8-5-3-2-4-7(8)6-9(11)10(12)13/h2-5H,6H2,1H3/p+1. The Morgan fingerprint density at radius 3 is 2.77 bits per heavy atom. The van der Waals surface area contributed by atoms with E-state index < -0.39 is 5.97 Å². The molecule has 2 rings (SSSR count). The quantitative estimate of drug-likeness (QED) is 0.649. The van der Waals surface area contributed by atoms with Crippen LogP contribution >= 0.6 is 0 Å². The van der Waals surface area contributed by atoms with Gasteiger partial charge in [-0.1, -0.05) is 18.2 Å². The monoisotopic (exact) mass is 176 g/mol. The first-order chi connectivity index (χ1) is 6.20. The number of carboxylic acid groups (broad SMARTS) is 1. The topological polar surface area (TPSA) is 40.3 Å². The van der Waals surface area contributed by atoms with Crippen LogP contribution in [0.4, 0.5) is 5.69 Å². The first-order valence-electron chi connectivity index (χ1n) is 4.11. The Hall–Kier alpha value is -1.64. The molecule has 13 heavy (non-hydrogen) atoms. The molecular formula is C10H10NO2+. The van der Waals surface area contributed by atoms with Gasteiger partial charge in [0.05, 0.1) is 6.42 Å². The highest BCUT2D eigenvalue weighted by Gasteiger charge is 2.31. The fourth-order valence-electron chi connectivity index (χ4n) is 1.65. The molecular weight excluding hydrogens is 166 g/mol. The van der Waals surface area contributed by atoms with Gasteiger partial charge >= 0.3 is 5.97 Å². The van der Waals surface area contributed by atoms with E-state index in [0.717, 1.165) is 11.3 Å². The van der Waals surface area contributed by atoms with Gasteiger partial charge in [0, 0.05) is 11.6 Å². The Balaban J connectivity index is 2.53. The fraction of sp³-hybridized carbons (Fsp3) is 0.200.